The van der Waals surface area contributed by atoms with Gasteiger partial charge in [0.1, 0.15) is 12.6 Å². The first kappa shape index (κ1) is 34.6. The number of anilines is 1. The first-order valence-electron chi connectivity index (χ1n) is 14.5. The van der Waals surface area contributed by atoms with Crippen molar-refractivity contribution in [3.05, 3.63) is 93.5 Å². The Kier molecular flexibility index (Phi) is 11.1. The van der Waals surface area contributed by atoms with Gasteiger partial charge in [-0.25, -0.2) is 8.42 Å². The predicted octanol–water partition coefficient (Wildman–Crippen LogP) is 7.38. The lowest BCUT2D eigenvalue weighted by Crippen LogP contribution is -2.53. The Balaban J connectivity index is 1.79. The quantitative estimate of drug-likeness (QED) is 0.229. The number of halogens is 5. The first-order chi connectivity index (χ1) is 21.2. The fourth-order valence-electron chi connectivity index (χ4n) is 5.35. The van der Waals surface area contributed by atoms with Crippen LogP contribution in [-0.4, -0.2) is 43.8 Å². The number of aryl methyl sites for hydroxylation is 1. The van der Waals surface area contributed by atoms with Gasteiger partial charge in [-0.2, -0.15) is 13.2 Å². The zero-order chi connectivity index (χ0) is 32.9. The average molecular weight is 685 g/mol. The first-order valence-corrected chi connectivity index (χ1v) is 16.7. The molecule has 0 heterocycles. The van der Waals surface area contributed by atoms with Crippen molar-refractivity contribution in [3.63, 3.8) is 0 Å². The predicted molar refractivity (Wildman–Crippen MR) is 169 cm³/mol. The van der Waals surface area contributed by atoms with E-state index >= 15 is 0 Å². The summed E-state index contributed by atoms with van der Waals surface area (Å²) in [4.78, 5) is 28.8. The molecule has 0 aliphatic heterocycles. The summed E-state index contributed by atoms with van der Waals surface area (Å²) in [7, 11) is -4.58. The van der Waals surface area contributed by atoms with E-state index in [4.69, 9.17) is 23.2 Å². The summed E-state index contributed by atoms with van der Waals surface area (Å²) in [5.74, 6) is -1.20. The van der Waals surface area contributed by atoms with E-state index in [9.17, 15) is 31.2 Å². The fourth-order valence-corrected chi connectivity index (χ4v) is 7.18. The molecule has 0 bridgehead atoms. The molecule has 0 saturated heterocycles. The molecule has 2 amide bonds. The van der Waals surface area contributed by atoms with E-state index in [0.717, 1.165) is 43.4 Å². The topological polar surface area (TPSA) is 86.8 Å². The summed E-state index contributed by atoms with van der Waals surface area (Å²) in [6.07, 6.45) is -1.15. The molecule has 13 heteroatoms. The lowest BCUT2D eigenvalue weighted by atomic mass is 10.1. The molecule has 45 heavy (non-hydrogen) atoms. The van der Waals surface area contributed by atoms with Crippen molar-refractivity contribution in [3.8, 4) is 0 Å². The molecular formula is C32H34Cl2F3N3O4S. The molecule has 4 rings (SSSR count). The molecule has 1 N–H and O–H groups in total. The second-order valence-electron chi connectivity index (χ2n) is 11.0. The number of carbonyl (C=O) groups excluding carboxylic acids is 2. The minimum Gasteiger partial charge on any atom is -0.352 e. The van der Waals surface area contributed by atoms with Crippen molar-refractivity contribution >= 4 is 50.7 Å². The Hall–Kier alpha value is -3.28. The van der Waals surface area contributed by atoms with Gasteiger partial charge in [-0.1, -0.05) is 78.9 Å². The highest BCUT2D eigenvalue weighted by atomic mass is 35.5. The van der Waals surface area contributed by atoms with E-state index in [1.165, 1.54) is 17.0 Å². The van der Waals surface area contributed by atoms with Gasteiger partial charge >= 0.3 is 6.18 Å². The van der Waals surface area contributed by atoms with E-state index in [0.29, 0.717) is 21.0 Å². The Morgan fingerprint density at radius 2 is 1.62 bits per heavy atom. The molecule has 1 saturated carbocycles. The molecule has 3 aromatic rings. The molecule has 242 valence electrons. The number of carbonyl (C=O) groups is 2. The highest BCUT2D eigenvalue weighted by Crippen LogP contribution is 2.38. The van der Waals surface area contributed by atoms with Crippen molar-refractivity contribution in [2.24, 2.45) is 0 Å². The fraction of sp³-hybridized carbons (Fsp3) is 0.375. The third kappa shape index (κ3) is 8.31. The minimum atomic E-state index is -4.89. The van der Waals surface area contributed by atoms with Crippen LogP contribution in [0, 0.1) is 6.92 Å². The maximum atomic E-state index is 14.2. The zero-order valence-electron chi connectivity index (χ0n) is 24.8. The molecule has 0 spiro atoms. The molecule has 1 fully saturated rings. The number of rotatable bonds is 11. The SMILES string of the molecule is CC[C@H](C(=O)NC1CCCC1)N(Cc1ccccc1Cl)C(=O)CN(c1ccc(Cl)c(C(F)(F)F)c1)S(=O)(=O)c1ccc(C)cc1. The number of nitrogens with zero attached hydrogens (tertiary/aromatic N) is 2. The molecule has 1 aliphatic carbocycles. The Morgan fingerprint density at radius 3 is 2.22 bits per heavy atom. The normalized spacial score (nSPS) is 14.6. The third-order valence-electron chi connectivity index (χ3n) is 7.82. The van der Waals surface area contributed by atoms with Crippen LogP contribution in [0.5, 0.6) is 0 Å². The maximum absolute atomic E-state index is 14.2. The zero-order valence-corrected chi connectivity index (χ0v) is 27.1. The van der Waals surface area contributed by atoms with Gasteiger partial charge in [0.15, 0.2) is 0 Å². The van der Waals surface area contributed by atoms with Gasteiger partial charge in [0, 0.05) is 17.6 Å². The lowest BCUT2D eigenvalue weighted by Gasteiger charge is -2.34. The molecule has 0 unspecified atom stereocenters. The number of benzene rings is 3. The van der Waals surface area contributed by atoms with Gasteiger partial charge in [0.25, 0.3) is 10.0 Å². The van der Waals surface area contributed by atoms with E-state index in [1.54, 1.807) is 50.2 Å². The second-order valence-corrected chi connectivity index (χ2v) is 13.7. The van der Waals surface area contributed by atoms with Crippen LogP contribution in [-0.2, 0) is 32.3 Å². The van der Waals surface area contributed by atoms with E-state index < -0.39 is 56.9 Å². The highest BCUT2D eigenvalue weighted by molar-refractivity contribution is 7.92. The molecule has 1 aliphatic rings. The minimum absolute atomic E-state index is 0.0444. The number of hydrogen-bond acceptors (Lipinski definition) is 4. The smallest absolute Gasteiger partial charge is 0.352 e. The molecule has 3 aromatic carbocycles. The summed E-state index contributed by atoms with van der Waals surface area (Å²) in [5, 5.41) is 2.71. The molecule has 0 radical (unpaired) electrons. The average Bonchev–Trinajstić information content (AvgIpc) is 3.49. The molecule has 0 aromatic heterocycles. The van der Waals surface area contributed by atoms with E-state index in [2.05, 4.69) is 5.32 Å². The molecular weight excluding hydrogens is 650 g/mol. The lowest BCUT2D eigenvalue weighted by molar-refractivity contribution is -0.140. The Bertz CT molecular complexity index is 1630. The van der Waals surface area contributed by atoms with Crippen molar-refractivity contribution < 1.29 is 31.2 Å². The summed E-state index contributed by atoms with van der Waals surface area (Å²) in [5.41, 5.74) is -0.402. The van der Waals surface area contributed by atoms with Crippen LogP contribution in [0.15, 0.2) is 71.6 Å². The Labute approximate surface area is 271 Å². The van der Waals surface area contributed by atoms with Gasteiger partial charge in [0.2, 0.25) is 11.8 Å². The van der Waals surface area contributed by atoms with Crippen LogP contribution in [0.2, 0.25) is 10.0 Å². The van der Waals surface area contributed by atoms with Crippen molar-refractivity contribution in [2.45, 2.75) is 75.7 Å². The van der Waals surface area contributed by atoms with Crippen molar-refractivity contribution in [1.82, 2.24) is 10.2 Å². The van der Waals surface area contributed by atoms with Crippen LogP contribution in [0.25, 0.3) is 0 Å². The van der Waals surface area contributed by atoms with Gasteiger partial charge in [-0.15, -0.1) is 0 Å². The number of alkyl halides is 3. The molecule has 1 atom stereocenters. The van der Waals surface area contributed by atoms with Crippen LogP contribution >= 0.6 is 23.2 Å². The Morgan fingerprint density at radius 1 is 0.978 bits per heavy atom. The number of amides is 2. The van der Waals surface area contributed by atoms with Crippen LogP contribution < -0.4 is 9.62 Å². The standard InChI is InChI=1S/C32H34Cl2F3N3O4S/c1-3-29(31(42)38-23-9-5-6-10-23)39(19-22-8-4-7-11-27(22)33)30(41)20-40(45(43,44)25-15-12-21(2)13-16-25)24-14-17-28(34)26(18-24)32(35,36)37/h4,7-8,11-18,23,29H,3,5-6,9-10,19-20H2,1-2H3,(H,38,42)/t29-/m1/s1. The molecule has 7 nitrogen and oxygen atoms in total. The number of nitrogens with one attached hydrogen (secondary N) is 1. The number of hydrogen-bond donors (Lipinski definition) is 1. The van der Waals surface area contributed by atoms with Crippen LogP contribution in [0.1, 0.15) is 55.7 Å². The van der Waals surface area contributed by atoms with Gasteiger partial charge < -0.3 is 10.2 Å². The number of sulfonamides is 1. The van der Waals surface area contributed by atoms with Gasteiger partial charge in [0.05, 0.1) is 21.2 Å². The summed E-state index contributed by atoms with van der Waals surface area (Å²) in [6, 6.07) is 14.0. The van der Waals surface area contributed by atoms with Crippen molar-refractivity contribution in [1.29, 1.82) is 0 Å². The van der Waals surface area contributed by atoms with E-state index in [-0.39, 0.29) is 23.9 Å². The maximum Gasteiger partial charge on any atom is 0.417 e. The summed E-state index contributed by atoms with van der Waals surface area (Å²) < 4.78 is 70.2. The van der Waals surface area contributed by atoms with Crippen LogP contribution in [0.3, 0.4) is 0 Å². The van der Waals surface area contributed by atoms with Crippen LogP contribution in [0.4, 0.5) is 18.9 Å². The third-order valence-corrected chi connectivity index (χ3v) is 10.3. The monoisotopic (exact) mass is 683 g/mol. The van der Waals surface area contributed by atoms with Gasteiger partial charge in [-0.05, 0) is 68.1 Å². The van der Waals surface area contributed by atoms with E-state index in [1.807, 2.05) is 0 Å². The second kappa shape index (κ2) is 14.4. The summed E-state index contributed by atoms with van der Waals surface area (Å²) in [6.45, 7) is 2.44. The summed E-state index contributed by atoms with van der Waals surface area (Å²) >= 11 is 12.3. The van der Waals surface area contributed by atoms with Crippen molar-refractivity contribution in [2.75, 3.05) is 10.8 Å². The highest BCUT2D eigenvalue weighted by Gasteiger charge is 2.37. The largest absolute Gasteiger partial charge is 0.417 e. The van der Waals surface area contributed by atoms with Gasteiger partial charge in [-0.3, -0.25) is 13.9 Å².